The summed E-state index contributed by atoms with van der Waals surface area (Å²) in [5, 5.41) is 0.734. The topological polar surface area (TPSA) is 43.8 Å². The molecule has 1 aliphatic rings. The Morgan fingerprint density at radius 1 is 1.53 bits per heavy atom. The van der Waals surface area contributed by atoms with Crippen LogP contribution in [0, 0.1) is 5.92 Å². The number of thioether (sulfide) groups is 1. The summed E-state index contributed by atoms with van der Waals surface area (Å²) < 4.78 is 2.06. The average molecular weight is 268 g/mol. The molecule has 1 aromatic carbocycles. The first-order chi connectivity index (χ1) is 8.25. The molecule has 1 aromatic heterocycles. The summed E-state index contributed by atoms with van der Waals surface area (Å²) in [6.07, 6.45) is 1.26. The molecule has 5 heteroatoms. The molecule has 1 saturated heterocycles. The molecule has 3 rings (SSSR count). The molecule has 90 valence electrons. The van der Waals surface area contributed by atoms with Crippen molar-refractivity contribution in [2.24, 2.45) is 5.92 Å². The lowest BCUT2D eigenvalue weighted by molar-refractivity contribution is 0.505. The summed E-state index contributed by atoms with van der Waals surface area (Å²) in [6.45, 7) is 0.930. The van der Waals surface area contributed by atoms with Crippen molar-refractivity contribution in [3.63, 3.8) is 0 Å². The minimum absolute atomic E-state index is 0.574. The Morgan fingerprint density at radius 3 is 3.18 bits per heavy atom. The summed E-state index contributed by atoms with van der Waals surface area (Å²) in [4.78, 5) is 4.37. The highest BCUT2D eigenvalue weighted by atomic mass is 35.5. The molecule has 17 heavy (non-hydrogen) atoms. The number of rotatable bonds is 2. The first-order valence-electron chi connectivity index (χ1n) is 5.73. The highest BCUT2D eigenvalue weighted by Crippen LogP contribution is 2.30. The van der Waals surface area contributed by atoms with Gasteiger partial charge in [0.2, 0.25) is 5.95 Å². The Labute approximate surface area is 109 Å². The van der Waals surface area contributed by atoms with Crippen molar-refractivity contribution in [1.29, 1.82) is 0 Å². The predicted octanol–water partition coefficient (Wildman–Crippen LogP) is 3.03. The molecule has 3 nitrogen and oxygen atoms in total. The standard InChI is InChI=1S/C12H14ClN3S/c13-9-2-1-3-10-11(9)16(12(14)15-10)6-8-4-5-17-7-8/h1-3,8H,4-7H2,(H2,14,15). The quantitative estimate of drug-likeness (QED) is 0.910. The van der Waals surface area contributed by atoms with E-state index in [1.165, 1.54) is 17.9 Å². The Bertz CT molecular complexity index is 546. The molecule has 0 radical (unpaired) electrons. The van der Waals surface area contributed by atoms with Crippen LogP contribution in [0.25, 0.3) is 11.0 Å². The van der Waals surface area contributed by atoms with Crippen LogP contribution in [0.4, 0.5) is 5.95 Å². The number of halogens is 1. The van der Waals surface area contributed by atoms with Crippen molar-refractivity contribution in [2.75, 3.05) is 17.2 Å². The average Bonchev–Trinajstić information content (AvgIpc) is 2.89. The van der Waals surface area contributed by atoms with Crippen molar-refractivity contribution in [3.8, 4) is 0 Å². The van der Waals surface area contributed by atoms with E-state index in [9.17, 15) is 0 Å². The SMILES string of the molecule is Nc1nc2cccc(Cl)c2n1CC1CCSC1. The Balaban J connectivity index is 2.04. The highest BCUT2D eigenvalue weighted by Gasteiger charge is 2.19. The maximum absolute atomic E-state index is 6.24. The second-order valence-electron chi connectivity index (χ2n) is 4.42. The van der Waals surface area contributed by atoms with Crippen LogP contribution in [0.3, 0.4) is 0 Å². The zero-order valence-corrected chi connectivity index (χ0v) is 11.0. The van der Waals surface area contributed by atoms with Crippen molar-refractivity contribution in [2.45, 2.75) is 13.0 Å². The number of aromatic nitrogens is 2. The molecule has 2 N–H and O–H groups in total. The van der Waals surface area contributed by atoms with Gasteiger partial charge in [0.15, 0.2) is 0 Å². The zero-order valence-electron chi connectivity index (χ0n) is 9.40. The molecule has 1 atom stereocenters. The van der Waals surface area contributed by atoms with E-state index < -0.39 is 0 Å². The molecule has 2 heterocycles. The predicted molar refractivity (Wildman–Crippen MR) is 74.6 cm³/mol. The molecule has 0 spiro atoms. The van der Waals surface area contributed by atoms with Crippen molar-refractivity contribution in [1.82, 2.24) is 9.55 Å². The van der Waals surface area contributed by atoms with Crippen LogP contribution >= 0.6 is 23.4 Å². The molecule has 0 amide bonds. The number of nitrogens with zero attached hydrogens (tertiary/aromatic N) is 2. The monoisotopic (exact) mass is 267 g/mol. The number of benzene rings is 1. The van der Waals surface area contributed by atoms with E-state index in [2.05, 4.69) is 9.55 Å². The Morgan fingerprint density at radius 2 is 2.41 bits per heavy atom. The fourth-order valence-corrected chi connectivity index (χ4v) is 3.87. The maximum atomic E-state index is 6.24. The molecule has 0 saturated carbocycles. The summed E-state index contributed by atoms with van der Waals surface area (Å²) in [7, 11) is 0. The Hall–Kier alpha value is -0.870. The number of hydrogen-bond acceptors (Lipinski definition) is 3. The van der Waals surface area contributed by atoms with E-state index in [4.69, 9.17) is 17.3 Å². The maximum Gasteiger partial charge on any atom is 0.201 e. The Kier molecular flexibility index (Phi) is 2.92. The van der Waals surface area contributed by atoms with Crippen LogP contribution in [0.1, 0.15) is 6.42 Å². The fraction of sp³-hybridized carbons (Fsp3) is 0.417. The van der Waals surface area contributed by atoms with E-state index in [0.29, 0.717) is 11.9 Å². The van der Waals surface area contributed by atoms with Gasteiger partial charge in [-0.05, 0) is 36.0 Å². The van der Waals surface area contributed by atoms with E-state index >= 15 is 0 Å². The molecule has 0 bridgehead atoms. The first-order valence-corrected chi connectivity index (χ1v) is 7.27. The smallest absolute Gasteiger partial charge is 0.201 e. The molecule has 1 unspecified atom stereocenters. The third kappa shape index (κ3) is 2.00. The number of nitrogen functional groups attached to an aromatic ring is 1. The van der Waals surface area contributed by atoms with E-state index in [1.807, 2.05) is 30.0 Å². The lowest BCUT2D eigenvalue weighted by Crippen LogP contribution is -2.12. The van der Waals surface area contributed by atoms with Crippen LogP contribution in [-0.2, 0) is 6.54 Å². The van der Waals surface area contributed by atoms with Crippen LogP contribution in [-0.4, -0.2) is 21.1 Å². The zero-order chi connectivity index (χ0) is 11.8. The third-order valence-electron chi connectivity index (χ3n) is 3.21. The second-order valence-corrected chi connectivity index (χ2v) is 5.97. The van der Waals surface area contributed by atoms with Gasteiger partial charge < -0.3 is 10.3 Å². The second kappa shape index (κ2) is 4.42. The molecule has 1 aliphatic heterocycles. The molecular weight excluding hydrogens is 254 g/mol. The number of nitrogens with two attached hydrogens (primary N) is 1. The van der Waals surface area contributed by atoms with Gasteiger partial charge in [-0.1, -0.05) is 17.7 Å². The van der Waals surface area contributed by atoms with Gasteiger partial charge in [0.1, 0.15) is 0 Å². The fourth-order valence-electron chi connectivity index (χ4n) is 2.33. The summed E-state index contributed by atoms with van der Waals surface area (Å²) in [6, 6.07) is 5.76. The number of hydrogen-bond donors (Lipinski definition) is 1. The van der Waals surface area contributed by atoms with Gasteiger partial charge in [-0.15, -0.1) is 0 Å². The van der Waals surface area contributed by atoms with Gasteiger partial charge in [0.25, 0.3) is 0 Å². The lowest BCUT2D eigenvalue weighted by atomic mass is 10.1. The molecule has 1 fully saturated rings. The van der Waals surface area contributed by atoms with Crippen LogP contribution in [0.5, 0.6) is 0 Å². The summed E-state index contributed by atoms with van der Waals surface area (Å²) in [5.41, 5.74) is 7.85. The van der Waals surface area contributed by atoms with Gasteiger partial charge in [0.05, 0.1) is 16.1 Å². The number of imidazole rings is 1. The largest absolute Gasteiger partial charge is 0.369 e. The lowest BCUT2D eigenvalue weighted by Gasteiger charge is -2.12. The number of fused-ring (bicyclic) bond motifs is 1. The van der Waals surface area contributed by atoms with Crippen molar-refractivity contribution in [3.05, 3.63) is 23.2 Å². The molecule has 2 aromatic rings. The van der Waals surface area contributed by atoms with Gasteiger partial charge >= 0.3 is 0 Å². The van der Waals surface area contributed by atoms with Gasteiger partial charge in [-0.2, -0.15) is 11.8 Å². The van der Waals surface area contributed by atoms with Gasteiger partial charge in [0, 0.05) is 6.54 Å². The first kappa shape index (κ1) is 11.2. The summed E-state index contributed by atoms with van der Waals surface area (Å²) in [5.74, 6) is 3.73. The number of para-hydroxylation sites is 1. The molecular formula is C12H14ClN3S. The molecule has 0 aliphatic carbocycles. The van der Waals surface area contributed by atoms with Crippen LogP contribution in [0.2, 0.25) is 5.02 Å². The van der Waals surface area contributed by atoms with Crippen molar-refractivity contribution < 1.29 is 0 Å². The van der Waals surface area contributed by atoms with E-state index in [0.717, 1.165) is 22.6 Å². The van der Waals surface area contributed by atoms with Crippen LogP contribution in [0.15, 0.2) is 18.2 Å². The number of anilines is 1. The normalized spacial score (nSPS) is 20.2. The van der Waals surface area contributed by atoms with Crippen molar-refractivity contribution >= 4 is 40.3 Å². The van der Waals surface area contributed by atoms with E-state index in [-0.39, 0.29) is 0 Å². The highest BCUT2D eigenvalue weighted by molar-refractivity contribution is 7.99. The minimum atomic E-state index is 0.574. The van der Waals surface area contributed by atoms with Gasteiger partial charge in [-0.25, -0.2) is 4.98 Å². The summed E-state index contributed by atoms with van der Waals surface area (Å²) >= 11 is 8.25. The van der Waals surface area contributed by atoms with E-state index in [1.54, 1.807) is 0 Å². The van der Waals surface area contributed by atoms with Crippen LogP contribution < -0.4 is 5.73 Å². The third-order valence-corrected chi connectivity index (χ3v) is 4.75. The van der Waals surface area contributed by atoms with Gasteiger partial charge in [-0.3, -0.25) is 0 Å². The minimum Gasteiger partial charge on any atom is -0.369 e.